The molecule has 4 unspecified atom stereocenters. The predicted octanol–water partition coefficient (Wildman–Crippen LogP) is 0.393. The van der Waals surface area contributed by atoms with E-state index in [4.69, 9.17) is 14.2 Å². The van der Waals surface area contributed by atoms with Gasteiger partial charge < -0.3 is 40.1 Å². The summed E-state index contributed by atoms with van der Waals surface area (Å²) in [5.41, 5.74) is -0.795. The van der Waals surface area contributed by atoms with Crippen LogP contribution in [-0.4, -0.2) is 110 Å². The van der Waals surface area contributed by atoms with Crippen molar-refractivity contribution in [1.29, 1.82) is 0 Å². The van der Waals surface area contributed by atoms with Crippen molar-refractivity contribution in [2.45, 2.75) is 49.9 Å². The van der Waals surface area contributed by atoms with Gasteiger partial charge in [0.25, 0.3) is 0 Å². The molecule has 2 aliphatic heterocycles. The fourth-order valence-corrected chi connectivity index (χ4v) is 5.08. The third-order valence-electron chi connectivity index (χ3n) is 7.89. The summed E-state index contributed by atoms with van der Waals surface area (Å²) in [5, 5.41) is 19.2. The summed E-state index contributed by atoms with van der Waals surface area (Å²) >= 11 is 0. The molecular formula is C32H42N4O8. The van der Waals surface area contributed by atoms with Crippen LogP contribution in [0.4, 0.5) is 0 Å². The number of carbonyl (C=O) groups excluding carboxylic acids is 4. The molecule has 238 valence electrons. The summed E-state index contributed by atoms with van der Waals surface area (Å²) in [5.74, 6) is -0.843. The molecule has 2 aromatic rings. The Bertz CT molecular complexity index is 1310. The third kappa shape index (κ3) is 9.08. The van der Waals surface area contributed by atoms with Gasteiger partial charge in [-0.3, -0.25) is 19.3 Å². The molecule has 12 nitrogen and oxygen atoms in total. The zero-order valence-electron chi connectivity index (χ0n) is 25.5. The molecule has 2 aliphatic rings. The van der Waals surface area contributed by atoms with Gasteiger partial charge in [-0.25, -0.2) is 0 Å². The number of morpholine rings is 1. The summed E-state index contributed by atoms with van der Waals surface area (Å²) in [6.45, 7) is 5.92. The minimum absolute atomic E-state index is 0.0658. The maximum atomic E-state index is 13.9. The number of hydrogen-bond donors (Lipinski definition) is 4. The summed E-state index contributed by atoms with van der Waals surface area (Å²) in [7, 11) is 1.44. The van der Waals surface area contributed by atoms with Gasteiger partial charge in [0.15, 0.2) is 17.3 Å². The number of aldehydes is 1. The van der Waals surface area contributed by atoms with Crippen LogP contribution in [0.1, 0.15) is 25.0 Å². The molecule has 0 saturated carbocycles. The van der Waals surface area contributed by atoms with Crippen molar-refractivity contribution in [3.63, 3.8) is 0 Å². The Balaban J connectivity index is 1.51. The van der Waals surface area contributed by atoms with E-state index in [-0.39, 0.29) is 55.7 Å². The quantitative estimate of drug-likeness (QED) is 0.155. The van der Waals surface area contributed by atoms with E-state index in [1.54, 1.807) is 26.0 Å². The Morgan fingerprint density at radius 1 is 1.09 bits per heavy atom. The number of phenolic OH excluding ortho intramolecular Hbond substituents is 1. The van der Waals surface area contributed by atoms with E-state index in [2.05, 4.69) is 16.0 Å². The number of carbonyl (C=O) groups is 4. The number of benzene rings is 2. The number of rotatable bonds is 16. The number of aromatic hydroxyl groups is 1. The van der Waals surface area contributed by atoms with Gasteiger partial charge in [-0.05, 0) is 49.9 Å². The number of ketones is 1. The first-order valence-electron chi connectivity index (χ1n) is 14.7. The smallest absolute Gasteiger partial charge is 0.238 e. The Morgan fingerprint density at radius 2 is 1.77 bits per heavy atom. The van der Waals surface area contributed by atoms with Crippen LogP contribution in [0.2, 0.25) is 0 Å². The lowest BCUT2D eigenvalue weighted by Crippen LogP contribution is -2.60. The predicted molar refractivity (Wildman–Crippen MR) is 161 cm³/mol. The van der Waals surface area contributed by atoms with Crippen molar-refractivity contribution in [2.24, 2.45) is 0 Å². The van der Waals surface area contributed by atoms with Gasteiger partial charge in [-0.15, -0.1) is 0 Å². The molecule has 2 heterocycles. The Labute approximate surface area is 257 Å². The molecule has 0 spiro atoms. The fraction of sp³-hybridized carbons (Fsp3) is 0.500. The average molecular weight is 611 g/mol. The van der Waals surface area contributed by atoms with Gasteiger partial charge in [-0.1, -0.05) is 36.4 Å². The molecule has 4 rings (SSSR count). The lowest BCUT2D eigenvalue weighted by molar-refractivity contribution is -0.131. The average Bonchev–Trinajstić information content (AvgIpc) is 3.77. The van der Waals surface area contributed by atoms with Crippen LogP contribution in [0, 0.1) is 0 Å². The molecule has 12 heteroatoms. The lowest BCUT2D eigenvalue weighted by Gasteiger charge is -2.31. The van der Waals surface area contributed by atoms with Crippen molar-refractivity contribution in [1.82, 2.24) is 20.9 Å². The van der Waals surface area contributed by atoms with Crippen LogP contribution in [-0.2, 0) is 41.5 Å². The molecule has 0 radical (unpaired) electrons. The first-order valence-corrected chi connectivity index (χ1v) is 14.7. The molecule has 0 aromatic heterocycles. The minimum atomic E-state index is -1.32. The first-order chi connectivity index (χ1) is 21.0. The Morgan fingerprint density at radius 3 is 2.39 bits per heavy atom. The van der Waals surface area contributed by atoms with Gasteiger partial charge in [0.05, 0.1) is 45.6 Å². The molecule has 2 saturated heterocycles. The van der Waals surface area contributed by atoms with Crippen LogP contribution in [0.25, 0.3) is 0 Å². The van der Waals surface area contributed by atoms with E-state index in [1.165, 1.54) is 13.2 Å². The van der Waals surface area contributed by atoms with Crippen LogP contribution in [0.3, 0.4) is 0 Å². The van der Waals surface area contributed by atoms with Crippen LogP contribution in [0.15, 0.2) is 48.5 Å². The topological polar surface area (TPSA) is 159 Å². The zero-order valence-corrected chi connectivity index (χ0v) is 25.5. The molecule has 2 aromatic carbocycles. The number of phenols is 1. The van der Waals surface area contributed by atoms with E-state index < -0.39 is 29.1 Å². The number of methoxy groups -OCH3 is 1. The van der Waals surface area contributed by atoms with E-state index >= 15 is 0 Å². The number of hydrogen-bond acceptors (Lipinski definition) is 10. The zero-order chi connectivity index (χ0) is 31.7. The lowest BCUT2D eigenvalue weighted by atomic mass is 9.94. The highest BCUT2D eigenvalue weighted by Gasteiger charge is 2.50. The van der Waals surface area contributed by atoms with Crippen molar-refractivity contribution in [3.8, 4) is 11.5 Å². The maximum Gasteiger partial charge on any atom is 0.238 e. The van der Waals surface area contributed by atoms with Crippen LogP contribution >= 0.6 is 0 Å². The normalized spacial score (nSPS) is 20.9. The number of ether oxygens (including phenoxy) is 3. The summed E-state index contributed by atoms with van der Waals surface area (Å²) in [6, 6.07) is 12.4. The molecule has 4 N–H and O–H groups in total. The largest absolute Gasteiger partial charge is 0.504 e. The number of Topliss-reactive ketones (excluding diaryl/α,β-unsaturated/α-hetero) is 1. The van der Waals surface area contributed by atoms with Crippen molar-refractivity contribution < 1.29 is 38.5 Å². The van der Waals surface area contributed by atoms with Crippen LogP contribution in [0.5, 0.6) is 11.5 Å². The Hall–Kier alpha value is -3.84. The second-order valence-electron chi connectivity index (χ2n) is 11.8. The molecule has 44 heavy (non-hydrogen) atoms. The SMILES string of the molecule is COc1ccc(CC(NCC(C)(C=O)NC(=O)CN2CCOCC2)C(=O)NC(Cc2ccccc2)C(=O)C2(C)CO2)cc1O. The van der Waals surface area contributed by atoms with Gasteiger partial charge in [0.2, 0.25) is 11.8 Å². The number of nitrogens with one attached hydrogen (secondary N) is 3. The highest BCUT2D eigenvalue weighted by Crippen LogP contribution is 2.29. The highest BCUT2D eigenvalue weighted by atomic mass is 16.6. The first kappa shape index (κ1) is 33.1. The van der Waals surface area contributed by atoms with Gasteiger partial charge in [0, 0.05) is 19.6 Å². The molecule has 0 bridgehead atoms. The number of amides is 2. The third-order valence-corrected chi connectivity index (χ3v) is 7.89. The summed E-state index contributed by atoms with van der Waals surface area (Å²) in [6.07, 6.45) is 1.02. The van der Waals surface area contributed by atoms with E-state index in [0.717, 1.165) is 5.56 Å². The fourth-order valence-electron chi connectivity index (χ4n) is 5.08. The maximum absolute atomic E-state index is 13.9. The molecule has 2 amide bonds. The summed E-state index contributed by atoms with van der Waals surface area (Å²) in [4.78, 5) is 54.2. The molecule has 4 atom stereocenters. The van der Waals surface area contributed by atoms with Crippen molar-refractivity contribution in [2.75, 3.05) is 53.1 Å². The van der Waals surface area contributed by atoms with Crippen molar-refractivity contribution in [3.05, 3.63) is 59.7 Å². The second-order valence-corrected chi connectivity index (χ2v) is 11.8. The standard InChI is InChI=1S/C32H42N4O8/c1-31(20-37,35-28(39)18-36-11-13-43-14-12-36)19-33-25(16-23-9-10-27(42-3)26(38)17-23)30(41)34-24(29(40)32(2)21-44-32)15-22-7-5-4-6-8-22/h4-10,17,20,24-25,33,38H,11-16,18-19,21H2,1-3H3,(H,34,41)(H,35,39). The monoisotopic (exact) mass is 610 g/mol. The minimum Gasteiger partial charge on any atom is -0.504 e. The number of epoxide rings is 1. The second kappa shape index (κ2) is 14.8. The molecular weight excluding hydrogens is 568 g/mol. The van der Waals surface area contributed by atoms with Crippen LogP contribution < -0.4 is 20.7 Å². The highest BCUT2D eigenvalue weighted by molar-refractivity contribution is 5.97. The summed E-state index contributed by atoms with van der Waals surface area (Å²) < 4.78 is 15.9. The van der Waals surface area contributed by atoms with Crippen molar-refractivity contribution >= 4 is 23.9 Å². The Kier molecular flexibility index (Phi) is 11.1. The van der Waals surface area contributed by atoms with E-state index in [0.29, 0.717) is 38.2 Å². The molecule has 2 fully saturated rings. The van der Waals surface area contributed by atoms with Gasteiger partial charge in [0.1, 0.15) is 17.4 Å². The number of nitrogens with zero attached hydrogens (tertiary/aromatic N) is 1. The van der Waals surface area contributed by atoms with Gasteiger partial charge >= 0.3 is 0 Å². The van der Waals surface area contributed by atoms with E-state index in [1.807, 2.05) is 35.2 Å². The van der Waals surface area contributed by atoms with Gasteiger partial charge in [-0.2, -0.15) is 0 Å². The van der Waals surface area contributed by atoms with E-state index in [9.17, 15) is 24.3 Å². The molecule has 0 aliphatic carbocycles.